The number of nitrogens with zero attached hydrogens (tertiary/aromatic N) is 2. The van der Waals surface area contributed by atoms with Crippen molar-refractivity contribution in [2.24, 2.45) is 5.92 Å². The normalized spacial score (nSPS) is 15.9. The minimum Gasteiger partial charge on any atom is -0.497 e. The Labute approximate surface area is 195 Å². The van der Waals surface area contributed by atoms with Crippen molar-refractivity contribution in [1.82, 2.24) is 9.21 Å². The molecule has 0 atom stereocenters. The van der Waals surface area contributed by atoms with E-state index in [4.69, 9.17) is 16.3 Å². The van der Waals surface area contributed by atoms with E-state index in [2.05, 4.69) is 0 Å². The molecule has 0 N–H and O–H groups in total. The van der Waals surface area contributed by atoms with Gasteiger partial charge in [0.15, 0.2) is 0 Å². The molecule has 180 valence electrons. The zero-order valence-corrected chi connectivity index (χ0v) is 19.7. The topological polar surface area (TPSA) is 66.9 Å². The van der Waals surface area contributed by atoms with Gasteiger partial charge in [0.2, 0.25) is 15.9 Å². The van der Waals surface area contributed by atoms with Crippen molar-refractivity contribution >= 4 is 27.5 Å². The van der Waals surface area contributed by atoms with Crippen molar-refractivity contribution in [2.45, 2.75) is 30.5 Å². The number of hydrogen-bond donors (Lipinski definition) is 0. The van der Waals surface area contributed by atoms with Crippen LogP contribution in [0.15, 0.2) is 47.4 Å². The number of carbonyl (C=O) groups is 1. The van der Waals surface area contributed by atoms with Gasteiger partial charge in [0.1, 0.15) is 10.6 Å². The Morgan fingerprint density at radius 2 is 1.85 bits per heavy atom. The molecule has 2 aromatic carbocycles. The summed E-state index contributed by atoms with van der Waals surface area (Å²) in [5.41, 5.74) is -0.195. The molecule has 0 spiro atoms. The lowest BCUT2D eigenvalue weighted by atomic mass is 9.96. The zero-order chi connectivity index (χ0) is 24.4. The van der Waals surface area contributed by atoms with Crippen molar-refractivity contribution < 1.29 is 31.1 Å². The number of piperidine rings is 1. The van der Waals surface area contributed by atoms with E-state index in [1.165, 1.54) is 0 Å². The van der Waals surface area contributed by atoms with Crippen LogP contribution in [0.3, 0.4) is 0 Å². The maximum Gasteiger partial charge on any atom is 0.416 e. The molecule has 1 saturated heterocycles. The van der Waals surface area contributed by atoms with Crippen molar-refractivity contribution in [3.05, 3.63) is 58.6 Å². The highest BCUT2D eigenvalue weighted by atomic mass is 35.5. The van der Waals surface area contributed by atoms with Gasteiger partial charge in [-0.2, -0.15) is 17.5 Å². The van der Waals surface area contributed by atoms with Gasteiger partial charge in [-0.25, -0.2) is 8.42 Å². The van der Waals surface area contributed by atoms with E-state index in [0.29, 0.717) is 18.4 Å². The predicted octanol–water partition coefficient (Wildman–Crippen LogP) is 4.43. The SMILES string of the molecule is COc1cccc(CN(C)C(=O)C2CCN(S(=O)(=O)c3cc(C(F)(F)F)ccc3Cl)CC2)c1. The fourth-order valence-corrected chi connectivity index (χ4v) is 5.76. The summed E-state index contributed by atoms with van der Waals surface area (Å²) in [5, 5.41) is -0.278. The summed E-state index contributed by atoms with van der Waals surface area (Å²) in [6, 6.07) is 9.56. The number of sulfonamides is 1. The van der Waals surface area contributed by atoms with E-state index in [-0.39, 0.29) is 42.8 Å². The summed E-state index contributed by atoms with van der Waals surface area (Å²) in [7, 11) is -1.01. The van der Waals surface area contributed by atoms with Gasteiger partial charge in [0.05, 0.1) is 17.7 Å². The van der Waals surface area contributed by atoms with Crippen LogP contribution in [-0.4, -0.2) is 50.8 Å². The average Bonchev–Trinajstić information content (AvgIpc) is 2.78. The van der Waals surface area contributed by atoms with E-state index in [1.807, 2.05) is 18.2 Å². The third kappa shape index (κ3) is 5.80. The predicted molar refractivity (Wildman–Crippen MR) is 117 cm³/mol. The molecular formula is C22H24ClF3N2O4S. The van der Waals surface area contributed by atoms with E-state index in [9.17, 15) is 26.4 Å². The molecule has 0 radical (unpaired) electrons. The highest BCUT2D eigenvalue weighted by molar-refractivity contribution is 7.89. The summed E-state index contributed by atoms with van der Waals surface area (Å²) >= 11 is 5.93. The number of ether oxygens (including phenoxy) is 1. The third-order valence-electron chi connectivity index (χ3n) is 5.61. The first kappa shape index (κ1) is 25.3. The van der Waals surface area contributed by atoms with Crippen LogP contribution in [0.25, 0.3) is 0 Å². The molecule has 11 heteroatoms. The molecule has 0 saturated carbocycles. The fraction of sp³-hybridized carbons (Fsp3) is 0.409. The van der Waals surface area contributed by atoms with Gasteiger partial charge < -0.3 is 9.64 Å². The number of methoxy groups -OCH3 is 1. The summed E-state index contributed by atoms with van der Waals surface area (Å²) in [6.07, 6.45) is -4.17. The van der Waals surface area contributed by atoms with Gasteiger partial charge in [-0.05, 0) is 48.7 Å². The first-order valence-corrected chi connectivity index (χ1v) is 12.0. The van der Waals surface area contributed by atoms with Crippen LogP contribution in [0.5, 0.6) is 5.75 Å². The van der Waals surface area contributed by atoms with E-state index in [0.717, 1.165) is 22.0 Å². The number of benzene rings is 2. The van der Waals surface area contributed by atoms with Gasteiger partial charge in [0, 0.05) is 32.6 Å². The number of hydrogen-bond acceptors (Lipinski definition) is 4. The highest BCUT2D eigenvalue weighted by Crippen LogP contribution is 2.35. The van der Waals surface area contributed by atoms with Crippen LogP contribution in [0.1, 0.15) is 24.0 Å². The van der Waals surface area contributed by atoms with Crippen LogP contribution in [0.4, 0.5) is 13.2 Å². The highest BCUT2D eigenvalue weighted by Gasteiger charge is 2.37. The van der Waals surface area contributed by atoms with E-state index >= 15 is 0 Å². The lowest BCUT2D eigenvalue weighted by molar-refractivity contribution is -0.138. The van der Waals surface area contributed by atoms with Gasteiger partial charge in [-0.3, -0.25) is 4.79 Å². The molecule has 1 heterocycles. The number of alkyl halides is 3. The Balaban J connectivity index is 1.67. The molecule has 0 aromatic heterocycles. The zero-order valence-electron chi connectivity index (χ0n) is 18.1. The molecule has 1 amide bonds. The molecule has 6 nitrogen and oxygen atoms in total. The van der Waals surface area contributed by atoms with Gasteiger partial charge in [0.25, 0.3) is 0 Å². The molecule has 33 heavy (non-hydrogen) atoms. The Morgan fingerprint density at radius 1 is 1.18 bits per heavy atom. The minimum absolute atomic E-state index is 0.0122. The van der Waals surface area contributed by atoms with Crippen molar-refractivity contribution in [3.63, 3.8) is 0 Å². The third-order valence-corrected chi connectivity index (χ3v) is 7.99. The van der Waals surface area contributed by atoms with Crippen LogP contribution in [0, 0.1) is 5.92 Å². The van der Waals surface area contributed by atoms with Crippen LogP contribution in [0.2, 0.25) is 5.02 Å². The number of amides is 1. The molecule has 1 aliphatic rings. The van der Waals surface area contributed by atoms with Crippen molar-refractivity contribution in [1.29, 1.82) is 0 Å². The van der Waals surface area contributed by atoms with Gasteiger partial charge in [-0.15, -0.1) is 0 Å². The van der Waals surface area contributed by atoms with Crippen molar-refractivity contribution in [2.75, 3.05) is 27.2 Å². The molecule has 2 aromatic rings. The Hall–Kier alpha value is -2.30. The number of halogens is 4. The van der Waals surface area contributed by atoms with Crippen LogP contribution < -0.4 is 4.74 Å². The lowest BCUT2D eigenvalue weighted by Crippen LogP contribution is -2.43. The van der Waals surface area contributed by atoms with Crippen LogP contribution in [-0.2, 0) is 27.5 Å². The summed E-state index contributed by atoms with van der Waals surface area (Å²) < 4.78 is 71.3. The summed E-state index contributed by atoms with van der Waals surface area (Å²) in [6.45, 7) is 0.394. The quantitative estimate of drug-likeness (QED) is 0.584. The Morgan fingerprint density at radius 3 is 2.45 bits per heavy atom. The average molecular weight is 505 g/mol. The smallest absolute Gasteiger partial charge is 0.416 e. The van der Waals surface area contributed by atoms with Gasteiger partial charge >= 0.3 is 6.18 Å². The Kier molecular flexibility index (Phi) is 7.60. The molecule has 1 fully saturated rings. The Bertz CT molecular complexity index is 1120. The minimum atomic E-state index is -4.69. The van der Waals surface area contributed by atoms with Gasteiger partial charge in [-0.1, -0.05) is 23.7 Å². The van der Waals surface area contributed by atoms with Crippen LogP contribution >= 0.6 is 11.6 Å². The number of rotatable bonds is 6. The second-order valence-corrected chi connectivity index (χ2v) is 10.2. The van der Waals surface area contributed by atoms with Crippen molar-refractivity contribution in [3.8, 4) is 5.75 Å². The number of carbonyl (C=O) groups excluding carboxylic acids is 1. The second-order valence-electron chi connectivity index (χ2n) is 7.87. The maximum absolute atomic E-state index is 13.0. The second kappa shape index (κ2) is 9.90. The molecule has 1 aliphatic heterocycles. The first-order chi connectivity index (χ1) is 15.4. The summed E-state index contributed by atoms with van der Waals surface area (Å²) in [5.74, 6) is 0.177. The van der Waals surface area contributed by atoms with E-state index < -0.39 is 26.7 Å². The molecule has 0 bridgehead atoms. The molecule has 3 rings (SSSR count). The molecule has 0 aliphatic carbocycles. The molecular weight excluding hydrogens is 481 g/mol. The molecule has 0 unspecified atom stereocenters. The fourth-order valence-electron chi connectivity index (χ4n) is 3.79. The standard InChI is InChI=1S/C22H24ClF3N2O4S/c1-27(14-15-4-3-5-18(12-15)32-2)21(29)16-8-10-28(11-9-16)33(30,31)20-13-17(22(24,25)26)6-7-19(20)23/h3-7,12-13,16H,8-11,14H2,1-2H3. The monoisotopic (exact) mass is 504 g/mol. The van der Waals surface area contributed by atoms with E-state index in [1.54, 1.807) is 25.1 Å². The maximum atomic E-state index is 13.0. The first-order valence-electron chi connectivity index (χ1n) is 10.2. The largest absolute Gasteiger partial charge is 0.497 e. The summed E-state index contributed by atoms with van der Waals surface area (Å²) in [4.78, 5) is 13.9. The lowest BCUT2D eigenvalue weighted by Gasteiger charge is -2.32.